The van der Waals surface area contributed by atoms with Crippen LogP contribution in [0.4, 0.5) is 0 Å². The monoisotopic (exact) mass is 152 g/mol. The summed E-state index contributed by atoms with van der Waals surface area (Å²) in [6.45, 7) is 4.17. The van der Waals surface area contributed by atoms with Crippen LogP contribution in [0.15, 0.2) is 12.2 Å². The zero-order valence-corrected chi connectivity index (χ0v) is 7.34. The van der Waals surface area contributed by atoms with E-state index in [0.717, 1.165) is 12.7 Å². The van der Waals surface area contributed by atoms with Crippen molar-refractivity contribution in [1.29, 1.82) is 0 Å². The molecule has 0 spiro atoms. The molecule has 11 heavy (non-hydrogen) atoms. The van der Waals surface area contributed by atoms with E-state index in [-0.39, 0.29) is 11.3 Å². The number of carbonyl (C=O) groups is 1. The molecule has 0 amide bonds. The Balaban J connectivity index is 2.71. The van der Waals surface area contributed by atoms with Gasteiger partial charge in [-0.3, -0.25) is 0 Å². The van der Waals surface area contributed by atoms with Crippen molar-refractivity contribution in [2.75, 3.05) is 0 Å². The topological polar surface area (TPSA) is 17.1 Å². The van der Waals surface area contributed by atoms with Gasteiger partial charge in [0.1, 0.15) is 6.29 Å². The Morgan fingerprint density at radius 2 is 2.36 bits per heavy atom. The molecule has 0 saturated heterocycles. The van der Waals surface area contributed by atoms with Gasteiger partial charge in [0.25, 0.3) is 0 Å². The van der Waals surface area contributed by atoms with Gasteiger partial charge in [-0.2, -0.15) is 0 Å². The van der Waals surface area contributed by atoms with E-state index in [1.807, 2.05) is 6.92 Å². The molecule has 1 heteroatoms. The van der Waals surface area contributed by atoms with Crippen molar-refractivity contribution in [2.45, 2.75) is 33.1 Å². The quantitative estimate of drug-likeness (QED) is 0.439. The highest BCUT2D eigenvalue weighted by atomic mass is 16.1. The van der Waals surface area contributed by atoms with E-state index in [9.17, 15) is 4.79 Å². The molecule has 0 heterocycles. The summed E-state index contributed by atoms with van der Waals surface area (Å²) in [4.78, 5) is 10.6. The predicted octanol–water partition coefficient (Wildman–Crippen LogP) is 2.57. The average Bonchev–Trinajstić information content (AvgIpc) is 2.04. The fourth-order valence-corrected chi connectivity index (χ4v) is 1.57. The van der Waals surface area contributed by atoms with Crippen LogP contribution in [-0.2, 0) is 4.79 Å². The summed E-state index contributed by atoms with van der Waals surface area (Å²) >= 11 is 0. The predicted molar refractivity (Wildman–Crippen MR) is 46.3 cm³/mol. The smallest absolute Gasteiger partial charge is 0.123 e. The Morgan fingerprint density at radius 1 is 1.64 bits per heavy atom. The Kier molecular flexibility index (Phi) is 2.48. The van der Waals surface area contributed by atoms with Gasteiger partial charge in [0.05, 0.1) is 0 Å². The van der Waals surface area contributed by atoms with Gasteiger partial charge in [-0.15, -0.1) is 0 Å². The highest BCUT2D eigenvalue weighted by Crippen LogP contribution is 2.36. The number of rotatable bonds is 2. The van der Waals surface area contributed by atoms with Gasteiger partial charge < -0.3 is 4.79 Å². The minimum atomic E-state index is 0.139. The summed E-state index contributed by atoms with van der Waals surface area (Å²) in [6, 6.07) is 0. The first kappa shape index (κ1) is 8.51. The fraction of sp³-hybridized carbons (Fsp3) is 0.700. The fourth-order valence-electron chi connectivity index (χ4n) is 1.57. The number of carbonyl (C=O) groups excluding carboxylic acids is 1. The highest BCUT2D eigenvalue weighted by Gasteiger charge is 2.28. The van der Waals surface area contributed by atoms with Gasteiger partial charge in [-0.1, -0.05) is 26.0 Å². The number of allylic oxidation sites excluding steroid dienone is 2. The zero-order valence-electron chi connectivity index (χ0n) is 7.34. The first-order chi connectivity index (χ1) is 5.19. The van der Waals surface area contributed by atoms with Gasteiger partial charge in [0.15, 0.2) is 0 Å². The van der Waals surface area contributed by atoms with Crippen molar-refractivity contribution in [3.05, 3.63) is 12.2 Å². The van der Waals surface area contributed by atoms with Crippen LogP contribution in [0, 0.1) is 11.3 Å². The molecule has 62 valence electrons. The van der Waals surface area contributed by atoms with E-state index in [2.05, 4.69) is 19.1 Å². The van der Waals surface area contributed by atoms with Crippen LogP contribution in [0.3, 0.4) is 0 Å². The van der Waals surface area contributed by atoms with Gasteiger partial charge >= 0.3 is 0 Å². The second kappa shape index (κ2) is 3.21. The summed E-state index contributed by atoms with van der Waals surface area (Å²) in [5.74, 6) is 0.166. The third kappa shape index (κ3) is 1.70. The summed E-state index contributed by atoms with van der Waals surface area (Å²) in [6.07, 6.45) is 9.03. The molecule has 1 aliphatic carbocycles. The van der Waals surface area contributed by atoms with E-state index in [1.165, 1.54) is 12.8 Å². The molecule has 0 fully saturated rings. The van der Waals surface area contributed by atoms with E-state index in [1.54, 1.807) is 0 Å². The second-order valence-electron chi connectivity index (χ2n) is 3.73. The standard InChI is InChI=1S/C10H16O/c1-9(8-11)10(2)6-4-3-5-7-10/h4,6,8-9H,3,5,7H2,1-2H3/t9-,10+/m0/s1. The molecule has 0 aromatic rings. The molecule has 0 aromatic carbocycles. The third-order valence-electron chi connectivity index (χ3n) is 2.83. The molecule has 0 saturated carbocycles. The van der Waals surface area contributed by atoms with Crippen molar-refractivity contribution < 1.29 is 4.79 Å². The molecular weight excluding hydrogens is 136 g/mol. The van der Waals surface area contributed by atoms with Gasteiger partial charge in [0, 0.05) is 5.92 Å². The molecule has 2 atom stereocenters. The maximum Gasteiger partial charge on any atom is 0.123 e. The van der Waals surface area contributed by atoms with Crippen LogP contribution in [0.25, 0.3) is 0 Å². The Bertz CT molecular complexity index is 172. The van der Waals surface area contributed by atoms with Crippen LogP contribution >= 0.6 is 0 Å². The molecule has 0 radical (unpaired) electrons. The third-order valence-corrected chi connectivity index (χ3v) is 2.83. The number of hydrogen-bond acceptors (Lipinski definition) is 1. The maximum absolute atomic E-state index is 10.6. The van der Waals surface area contributed by atoms with Crippen molar-refractivity contribution in [3.8, 4) is 0 Å². The molecule has 1 rings (SSSR count). The van der Waals surface area contributed by atoms with E-state index < -0.39 is 0 Å². The van der Waals surface area contributed by atoms with Crippen LogP contribution in [0.2, 0.25) is 0 Å². The highest BCUT2D eigenvalue weighted by molar-refractivity contribution is 5.55. The molecule has 0 unspecified atom stereocenters. The second-order valence-corrected chi connectivity index (χ2v) is 3.73. The molecule has 0 N–H and O–H groups in total. The zero-order chi connectivity index (χ0) is 8.32. The van der Waals surface area contributed by atoms with E-state index >= 15 is 0 Å². The number of hydrogen-bond donors (Lipinski definition) is 0. The molecular formula is C10H16O. The molecule has 0 aliphatic heterocycles. The van der Waals surface area contributed by atoms with Gasteiger partial charge in [-0.25, -0.2) is 0 Å². The van der Waals surface area contributed by atoms with Crippen molar-refractivity contribution >= 4 is 6.29 Å². The minimum Gasteiger partial charge on any atom is -0.303 e. The van der Waals surface area contributed by atoms with Gasteiger partial charge in [0.2, 0.25) is 0 Å². The first-order valence-corrected chi connectivity index (χ1v) is 4.32. The van der Waals surface area contributed by atoms with E-state index in [4.69, 9.17) is 0 Å². The lowest BCUT2D eigenvalue weighted by Gasteiger charge is -2.31. The van der Waals surface area contributed by atoms with Crippen molar-refractivity contribution in [1.82, 2.24) is 0 Å². The van der Waals surface area contributed by atoms with Crippen LogP contribution < -0.4 is 0 Å². The summed E-state index contributed by atoms with van der Waals surface area (Å²) in [7, 11) is 0. The Hall–Kier alpha value is -0.590. The molecule has 1 nitrogen and oxygen atoms in total. The first-order valence-electron chi connectivity index (χ1n) is 4.32. The lowest BCUT2D eigenvalue weighted by atomic mass is 9.72. The Morgan fingerprint density at radius 3 is 2.82 bits per heavy atom. The molecule has 0 bridgehead atoms. The molecule has 1 aliphatic rings. The summed E-state index contributed by atoms with van der Waals surface area (Å²) < 4.78 is 0. The minimum absolute atomic E-state index is 0.139. The lowest BCUT2D eigenvalue weighted by Crippen LogP contribution is -2.25. The van der Waals surface area contributed by atoms with E-state index in [0.29, 0.717) is 0 Å². The van der Waals surface area contributed by atoms with Crippen LogP contribution in [0.1, 0.15) is 33.1 Å². The van der Waals surface area contributed by atoms with Crippen molar-refractivity contribution in [2.24, 2.45) is 11.3 Å². The largest absolute Gasteiger partial charge is 0.303 e. The summed E-state index contributed by atoms with van der Waals surface area (Å²) in [5.41, 5.74) is 0.139. The van der Waals surface area contributed by atoms with Crippen molar-refractivity contribution in [3.63, 3.8) is 0 Å². The lowest BCUT2D eigenvalue weighted by molar-refractivity contribution is -0.113. The Labute approximate surface area is 68.5 Å². The SMILES string of the molecule is C[C@@H](C=O)[C@]1(C)C=CCCC1. The van der Waals surface area contributed by atoms with Gasteiger partial charge in [-0.05, 0) is 24.7 Å². The average molecular weight is 152 g/mol. The number of aldehydes is 1. The van der Waals surface area contributed by atoms with Crippen LogP contribution in [0.5, 0.6) is 0 Å². The summed E-state index contributed by atoms with van der Waals surface area (Å²) in [5, 5.41) is 0. The normalized spacial score (nSPS) is 33.3. The van der Waals surface area contributed by atoms with Crippen LogP contribution in [-0.4, -0.2) is 6.29 Å². The maximum atomic E-state index is 10.6. The molecule has 0 aromatic heterocycles.